The van der Waals surface area contributed by atoms with Gasteiger partial charge in [-0.25, -0.2) is 4.68 Å². The Morgan fingerprint density at radius 2 is 2.10 bits per heavy atom. The minimum atomic E-state index is -0.160. The van der Waals surface area contributed by atoms with Crippen LogP contribution in [0.2, 0.25) is 0 Å². The quantitative estimate of drug-likeness (QED) is 0.693. The smallest absolute Gasteiger partial charge is 0.272 e. The van der Waals surface area contributed by atoms with Crippen LogP contribution in [0.3, 0.4) is 0 Å². The van der Waals surface area contributed by atoms with Gasteiger partial charge in [-0.1, -0.05) is 20.8 Å². The van der Waals surface area contributed by atoms with Crippen LogP contribution in [0.25, 0.3) is 5.69 Å². The van der Waals surface area contributed by atoms with Crippen molar-refractivity contribution in [3.63, 3.8) is 0 Å². The van der Waals surface area contributed by atoms with Crippen molar-refractivity contribution in [3.05, 3.63) is 59.2 Å². The van der Waals surface area contributed by atoms with Crippen LogP contribution in [0.4, 0.5) is 0 Å². The number of hydrogen-bond acceptors (Lipinski definition) is 4. The van der Waals surface area contributed by atoms with Crippen LogP contribution < -0.4 is 10.1 Å². The van der Waals surface area contributed by atoms with E-state index in [1.807, 2.05) is 48.1 Å². The van der Waals surface area contributed by atoms with E-state index in [0.29, 0.717) is 5.69 Å². The number of carbonyl (C=O) groups excluding carboxylic acids is 1. The topological polar surface area (TPSA) is 84.8 Å². The maximum atomic E-state index is 12.8. The van der Waals surface area contributed by atoms with Gasteiger partial charge in [-0.05, 0) is 55.0 Å². The van der Waals surface area contributed by atoms with Crippen molar-refractivity contribution in [2.75, 3.05) is 7.11 Å². The van der Waals surface area contributed by atoms with E-state index in [1.165, 1.54) is 0 Å². The summed E-state index contributed by atoms with van der Waals surface area (Å²) >= 11 is 0. The van der Waals surface area contributed by atoms with Crippen LogP contribution in [0, 0.1) is 5.41 Å². The minimum Gasteiger partial charge on any atom is -0.497 e. The molecule has 29 heavy (non-hydrogen) atoms. The average Bonchev–Trinajstić information content (AvgIpc) is 3.34. The Morgan fingerprint density at radius 1 is 1.34 bits per heavy atom. The standard InChI is InChI=1S/C22H27N5O2/c1-5-14-10-18(26-25-14)21(28)24-19-11-22(2,3)12-20-17(19)13-23-27(20)15-6-8-16(29-4)9-7-15/h6-10,13,19H,5,11-12H2,1-4H3,(H,24,28)(H,25,26)/t19-/m1/s1. The molecule has 2 heterocycles. The monoisotopic (exact) mass is 393 g/mol. The molecule has 1 atom stereocenters. The zero-order valence-corrected chi connectivity index (χ0v) is 17.3. The largest absolute Gasteiger partial charge is 0.497 e. The maximum Gasteiger partial charge on any atom is 0.272 e. The number of nitrogens with zero attached hydrogens (tertiary/aromatic N) is 3. The first-order valence-electron chi connectivity index (χ1n) is 9.96. The Balaban J connectivity index is 1.64. The summed E-state index contributed by atoms with van der Waals surface area (Å²) in [6.07, 6.45) is 4.44. The van der Waals surface area contributed by atoms with Gasteiger partial charge in [0.25, 0.3) is 5.91 Å². The van der Waals surface area contributed by atoms with Crippen molar-refractivity contribution in [3.8, 4) is 11.4 Å². The van der Waals surface area contributed by atoms with E-state index in [4.69, 9.17) is 4.74 Å². The third-order valence-electron chi connectivity index (χ3n) is 5.55. The first-order valence-corrected chi connectivity index (χ1v) is 9.96. The van der Waals surface area contributed by atoms with Crippen molar-refractivity contribution in [2.45, 2.75) is 46.1 Å². The van der Waals surface area contributed by atoms with E-state index in [-0.39, 0.29) is 17.4 Å². The summed E-state index contributed by atoms with van der Waals surface area (Å²) in [4.78, 5) is 12.8. The number of hydrogen-bond donors (Lipinski definition) is 2. The second-order valence-electron chi connectivity index (χ2n) is 8.36. The Labute approximate surface area is 170 Å². The van der Waals surface area contributed by atoms with Gasteiger partial charge in [-0.3, -0.25) is 9.89 Å². The molecule has 0 spiro atoms. The van der Waals surface area contributed by atoms with Gasteiger partial charge in [0.1, 0.15) is 11.4 Å². The van der Waals surface area contributed by atoms with Crippen molar-refractivity contribution in [1.82, 2.24) is 25.3 Å². The average molecular weight is 393 g/mol. The maximum absolute atomic E-state index is 12.8. The number of H-pyrrole nitrogens is 1. The molecule has 0 radical (unpaired) electrons. The molecule has 7 nitrogen and oxygen atoms in total. The molecule has 1 aliphatic rings. The van der Waals surface area contributed by atoms with Crippen LogP contribution in [0.15, 0.2) is 36.5 Å². The minimum absolute atomic E-state index is 0.0371. The number of benzene rings is 1. The van der Waals surface area contributed by atoms with Crippen molar-refractivity contribution < 1.29 is 9.53 Å². The SMILES string of the molecule is CCc1cc(C(=O)N[C@@H]2CC(C)(C)Cc3c2cnn3-c2ccc(OC)cc2)n[nH]1. The molecule has 0 saturated heterocycles. The highest BCUT2D eigenvalue weighted by Crippen LogP contribution is 2.41. The van der Waals surface area contributed by atoms with E-state index in [9.17, 15) is 4.79 Å². The third-order valence-corrected chi connectivity index (χ3v) is 5.55. The van der Waals surface area contributed by atoms with Gasteiger partial charge in [0.05, 0.1) is 30.7 Å². The number of aromatic nitrogens is 4. The molecule has 0 fully saturated rings. The van der Waals surface area contributed by atoms with Gasteiger partial charge >= 0.3 is 0 Å². The van der Waals surface area contributed by atoms with Crippen LogP contribution in [-0.2, 0) is 12.8 Å². The summed E-state index contributed by atoms with van der Waals surface area (Å²) in [5.74, 6) is 0.650. The lowest BCUT2D eigenvalue weighted by molar-refractivity contribution is 0.0914. The summed E-state index contributed by atoms with van der Waals surface area (Å²) in [5.41, 5.74) is 4.60. The van der Waals surface area contributed by atoms with E-state index in [2.05, 4.69) is 34.5 Å². The van der Waals surface area contributed by atoms with Gasteiger partial charge in [-0.2, -0.15) is 10.2 Å². The van der Waals surface area contributed by atoms with Gasteiger partial charge in [-0.15, -0.1) is 0 Å². The third kappa shape index (κ3) is 3.77. The fourth-order valence-corrected chi connectivity index (χ4v) is 4.01. The first kappa shape index (κ1) is 19.2. The Bertz CT molecular complexity index is 1020. The number of methoxy groups -OCH3 is 1. The number of nitrogens with one attached hydrogen (secondary N) is 2. The summed E-state index contributed by atoms with van der Waals surface area (Å²) < 4.78 is 7.23. The summed E-state index contributed by atoms with van der Waals surface area (Å²) in [7, 11) is 1.66. The number of aryl methyl sites for hydroxylation is 1. The van der Waals surface area contributed by atoms with Crippen LogP contribution in [-0.4, -0.2) is 33.0 Å². The van der Waals surface area contributed by atoms with E-state index in [0.717, 1.165) is 47.7 Å². The second kappa shape index (κ2) is 7.39. The van der Waals surface area contributed by atoms with Crippen molar-refractivity contribution in [2.24, 2.45) is 5.41 Å². The fourth-order valence-electron chi connectivity index (χ4n) is 4.01. The second-order valence-corrected chi connectivity index (χ2v) is 8.36. The number of fused-ring (bicyclic) bond motifs is 1. The normalized spacial score (nSPS) is 17.6. The number of aromatic amines is 1. The molecule has 152 valence electrons. The summed E-state index contributed by atoms with van der Waals surface area (Å²) in [6, 6.07) is 9.56. The van der Waals surface area contributed by atoms with Gasteiger partial charge in [0, 0.05) is 11.3 Å². The highest BCUT2D eigenvalue weighted by Gasteiger charge is 2.36. The van der Waals surface area contributed by atoms with Crippen molar-refractivity contribution >= 4 is 5.91 Å². The van der Waals surface area contributed by atoms with Crippen LogP contribution in [0.1, 0.15) is 60.7 Å². The molecule has 0 bridgehead atoms. The fraction of sp³-hybridized carbons (Fsp3) is 0.409. The first-order chi connectivity index (χ1) is 13.9. The lowest BCUT2D eigenvalue weighted by Crippen LogP contribution is -2.37. The lowest BCUT2D eigenvalue weighted by atomic mass is 9.74. The molecule has 1 aromatic carbocycles. The zero-order chi connectivity index (χ0) is 20.6. The lowest BCUT2D eigenvalue weighted by Gasteiger charge is -2.35. The molecule has 7 heteroatoms. The molecule has 3 aromatic rings. The molecular weight excluding hydrogens is 366 g/mol. The molecule has 4 rings (SSSR count). The Kier molecular flexibility index (Phi) is 4.90. The molecule has 2 aromatic heterocycles. The van der Waals surface area contributed by atoms with Crippen LogP contribution in [0.5, 0.6) is 5.75 Å². The Morgan fingerprint density at radius 3 is 2.76 bits per heavy atom. The van der Waals surface area contributed by atoms with Gasteiger partial charge < -0.3 is 10.1 Å². The predicted octanol–water partition coefficient (Wildman–Crippen LogP) is 3.61. The number of rotatable bonds is 5. The Hall–Kier alpha value is -3.09. The summed E-state index contributed by atoms with van der Waals surface area (Å²) in [6.45, 7) is 6.48. The molecular formula is C22H27N5O2. The zero-order valence-electron chi connectivity index (χ0n) is 17.3. The molecule has 1 amide bonds. The van der Waals surface area contributed by atoms with E-state index < -0.39 is 0 Å². The molecule has 2 N–H and O–H groups in total. The van der Waals surface area contributed by atoms with Crippen LogP contribution >= 0.6 is 0 Å². The summed E-state index contributed by atoms with van der Waals surface area (Å²) in [5, 5.41) is 14.9. The van der Waals surface area contributed by atoms with Gasteiger partial charge in [0.2, 0.25) is 0 Å². The molecule has 0 aliphatic heterocycles. The van der Waals surface area contributed by atoms with Gasteiger partial charge in [0.15, 0.2) is 0 Å². The molecule has 1 aliphatic carbocycles. The van der Waals surface area contributed by atoms with E-state index >= 15 is 0 Å². The van der Waals surface area contributed by atoms with E-state index in [1.54, 1.807) is 7.11 Å². The highest BCUT2D eigenvalue weighted by molar-refractivity contribution is 5.92. The number of amides is 1. The number of ether oxygens (including phenoxy) is 1. The number of carbonyl (C=O) groups is 1. The highest BCUT2D eigenvalue weighted by atomic mass is 16.5. The van der Waals surface area contributed by atoms with Crippen molar-refractivity contribution in [1.29, 1.82) is 0 Å². The predicted molar refractivity (Wildman–Crippen MR) is 110 cm³/mol. The molecule has 0 saturated carbocycles. The molecule has 0 unspecified atom stereocenters.